The minimum absolute atomic E-state index is 0.697. The van der Waals surface area contributed by atoms with Gasteiger partial charge in [-0.2, -0.15) is 0 Å². The highest BCUT2D eigenvalue weighted by Gasteiger charge is 2.10. The minimum atomic E-state index is 0.697. The standard InChI is InChI=1S/C30H28N6/c31-21-5-11-25(12-6-21)35-29-15-9-23(33)17-27(29)19-1-2-20(4-3-19)28-18-24(34)10-16-30(28)36-26-13-7-22(32)8-14-26/h1-18,35-36H,31-34H2. The molecular formula is C30H28N6. The monoisotopic (exact) mass is 472 g/mol. The second-order valence-electron chi connectivity index (χ2n) is 8.68. The van der Waals surface area contributed by atoms with Gasteiger partial charge in [0.15, 0.2) is 0 Å². The van der Waals surface area contributed by atoms with Crippen LogP contribution >= 0.6 is 0 Å². The van der Waals surface area contributed by atoms with Crippen LogP contribution in [-0.2, 0) is 0 Å². The molecule has 0 atom stereocenters. The third kappa shape index (κ3) is 5.03. The third-order valence-corrected chi connectivity index (χ3v) is 5.97. The van der Waals surface area contributed by atoms with E-state index in [0.29, 0.717) is 11.4 Å². The van der Waals surface area contributed by atoms with Gasteiger partial charge in [0.05, 0.1) is 0 Å². The molecule has 5 aromatic carbocycles. The van der Waals surface area contributed by atoms with Crippen molar-refractivity contribution in [2.24, 2.45) is 0 Å². The fraction of sp³-hybridized carbons (Fsp3) is 0. The fourth-order valence-electron chi connectivity index (χ4n) is 4.09. The van der Waals surface area contributed by atoms with Crippen molar-refractivity contribution in [1.29, 1.82) is 0 Å². The SMILES string of the molecule is Nc1ccc(Nc2ccc(N)cc2-c2ccc(-c3cc(N)ccc3Nc3ccc(N)cc3)cc2)cc1. The molecule has 0 fully saturated rings. The Kier molecular flexibility index (Phi) is 6.07. The van der Waals surface area contributed by atoms with E-state index in [9.17, 15) is 0 Å². The molecule has 5 aromatic rings. The maximum absolute atomic E-state index is 6.14. The summed E-state index contributed by atoms with van der Waals surface area (Å²) in [5.74, 6) is 0. The predicted molar refractivity (Wildman–Crippen MR) is 154 cm³/mol. The summed E-state index contributed by atoms with van der Waals surface area (Å²) in [4.78, 5) is 0. The minimum Gasteiger partial charge on any atom is -0.399 e. The highest BCUT2D eigenvalue weighted by atomic mass is 14.9. The first-order valence-electron chi connectivity index (χ1n) is 11.6. The Balaban J connectivity index is 1.47. The van der Waals surface area contributed by atoms with Crippen molar-refractivity contribution < 1.29 is 0 Å². The third-order valence-electron chi connectivity index (χ3n) is 5.97. The highest BCUT2D eigenvalue weighted by Crippen LogP contribution is 2.36. The molecule has 0 saturated carbocycles. The van der Waals surface area contributed by atoms with E-state index in [0.717, 1.165) is 56.4 Å². The Hall–Kier alpha value is -5.10. The molecule has 0 bridgehead atoms. The van der Waals surface area contributed by atoms with Gasteiger partial charge in [-0.15, -0.1) is 0 Å². The molecule has 6 heteroatoms. The van der Waals surface area contributed by atoms with Crippen LogP contribution in [0.3, 0.4) is 0 Å². The average molecular weight is 473 g/mol. The second kappa shape index (κ2) is 9.64. The molecule has 0 spiro atoms. The molecule has 0 amide bonds. The van der Waals surface area contributed by atoms with Crippen LogP contribution < -0.4 is 33.6 Å². The molecule has 0 aliphatic heterocycles. The summed E-state index contributed by atoms with van der Waals surface area (Å²) in [6.45, 7) is 0. The lowest BCUT2D eigenvalue weighted by molar-refractivity contribution is 1.51. The lowest BCUT2D eigenvalue weighted by Gasteiger charge is -2.16. The van der Waals surface area contributed by atoms with E-state index >= 15 is 0 Å². The molecular weight excluding hydrogens is 444 g/mol. The topological polar surface area (TPSA) is 128 Å². The number of hydrogen-bond acceptors (Lipinski definition) is 6. The van der Waals surface area contributed by atoms with Crippen molar-refractivity contribution in [3.63, 3.8) is 0 Å². The second-order valence-corrected chi connectivity index (χ2v) is 8.68. The van der Waals surface area contributed by atoms with Gasteiger partial charge in [-0.3, -0.25) is 0 Å². The van der Waals surface area contributed by atoms with Gasteiger partial charge in [-0.05, 0) is 96.1 Å². The fourth-order valence-corrected chi connectivity index (χ4v) is 4.09. The number of benzene rings is 5. The lowest BCUT2D eigenvalue weighted by atomic mass is 9.97. The quantitative estimate of drug-likeness (QED) is 0.150. The van der Waals surface area contributed by atoms with E-state index in [1.165, 1.54) is 0 Å². The normalized spacial score (nSPS) is 10.7. The zero-order valence-corrected chi connectivity index (χ0v) is 19.7. The molecule has 0 aliphatic carbocycles. The first-order chi connectivity index (χ1) is 17.4. The first-order valence-corrected chi connectivity index (χ1v) is 11.6. The van der Waals surface area contributed by atoms with Gasteiger partial charge >= 0.3 is 0 Å². The van der Waals surface area contributed by atoms with E-state index in [-0.39, 0.29) is 0 Å². The molecule has 0 aromatic heterocycles. The van der Waals surface area contributed by atoms with E-state index in [4.69, 9.17) is 22.9 Å². The van der Waals surface area contributed by atoms with Gasteiger partial charge in [0.1, 0.15) is 0 Å². The van der Waals surface area contributed by atoms with Crippen LogP contribution in [0.15, 0.2) is 109 Å². The van der Waals surface area contributed by atoms with Gasteiger partial charge in [0.25, 0.3) is 0 Å². The summed E-state index contributed by atoms with van der Waals surface area (Å²) >= 11 is 0. The van der Waals surface area contributed by atoms with Crippen molar-refractivity contribution in [2.45, 2.75) is 0 Å². The van der Waals surface area contributed by atoms with E-state index < -0.39 is 0 Å². The smallest absolute Gasteiger partial charge is 0.0465 e. The molecule has 0 heterocycles. The molecule has 36 heavy (non-hydrogen) atoms. The molecule has 5 rings (SSSR count). The van der Waals surface area contributed by atoms with Gasteiger partial charge < -0.3 is 33.6 Å². The predicted octanol–water partition coefficient (Wildman–Crippen LogP) is 6.84. The van der Waals surface area contributed by atoms with Gasteiger partial charge in [-0.1, -0.05) is 24.3 Å². The Bertz CT molecular complexity index is 1380. The molecule has 10 N–H and O–H groups in total. The van der Waals surface area contributed by atoms with Crippen LogP contribution in [0.1, 0.15) is 0 Å². The number of rotatable bonds is 6. The van der Waals surface area contributed by atoms with Gasteiger partial charge in [-0.25, -0.2) is 0 Å². The van der Waals surface area contributed by atoms with Crippen LogP contribution in [0.25, 0.3) is 22.3 Å². The molecule has 178 valence electrons. The molecule has 0 saturated heterocycles. The summed E-state index contributed by atoms with van der Waals surface area (Å²) < 4.78 is 0. The molecule has 0 aliphatic rings. The molecule has 6 nitrogen and oxygen atoms in total. The maximum atomic E-state index is 6.14. The van der Waals surface area contributed by atoms with E-state index in [1.807, 2.05) is 84.9 Å². The van der Waals surface area contributed by atoms with Crippen LogP contribution in [0, 0.1) is 0 Å². The van der Waals surface area contributed by atoms with Crippen LogP contribution in [0.4, 0.5) is 45.5 Å². The molecule has 0 radical (unpaired) electrons. The number of nitrogens with one attached hydrogen (secondary N) is 2. The number of nitrogen functional groups attached to an aromatic ring is 4. The van der Waals surface area contributed by atoms with E-state index in [1.54, 1.807) is 0 Å². The maximum Gasteiger partial charge on any atom is 0.0465 e. The van der Waals surface area contributed by atoms with Crippen molar-refractivity contribution in [2.75, 3.05) is 33.6 Å². The van der Waals surface area contributed by atoms with E-state index in [2.05, 4.69) is 34.9 Å². The van der Waals surface area contributed by atoms with Crippen molar-refractivity contribution in [3.8, 4) is 22.3 Å². The average Bonchev–Trinajstić information content (AvgIpc) is 2.89. The van der Waals surface area contributed by atoms with Gasteiger partial charge in [0, 0.05) is 56.6 Å². The molecule has 0 unspecified atom stereocenters. The zero-order chi connectivity index (χ0) is 25.1. The summed E-state index contributed by atoms with van der Waals surface area (Å²) in [5.41, 5.74) is 34.7. The summed E-state index contributed by atoms with van der Waals surface area (Å²) in [6, 6.07) is 35.4. The Morgan fingerprint density at radius 1 is 0.361 bits per heavy atom. The largest absolute Gasteiger partial charge is 0.399 e. The zero-order valence-electron chi connectivity index (χ0n) is 19.7. The van der Waals surface area contributed by atoms with Crippen LogP contribution in [0.5, 0.6) is 0 Å². The van der Waals surface area contributed by atoms with Crippen molar-refractivity contribution >= 4 is 45.5 Å². The summed E-state index contributed by atoms with van der Waals surface area (Å²) in [7, 11) is 0. The number of nitrogens with two attached hydrogens (primary N) is 4. The van der Waals surface area contributed by atoms with Crippen LogP contribution in [-0.4, -0.2) is 0 Å². The first kappa shape index (κ1) is 22.7. The van der Waals surface area contributed by atoms with Crippen LogP contribution in [0.2, 0.25) is 0 Å². The summed E-state index contributed by atoms with van der Waals surface area (Å²) in [6.07, 6.45) is 0. The van der Waals surface area contributed by atoms with Crippen molar-refractivity contribution in [3.05, 3.63) is 109 Å². The Morgan fingerprint density at radius 2 is 0.694 bits per heavy atom. The lowest BCUT2D eigenvalue weighted by Crippen LogP contribution is -1.97. The van der Waals surface area contributed by atoms with Crippen molar-refractivity contribution in [1.82, 2.24) is 0 Å². The van der Waals surface area contributed by atoms with Gasteiger partial charge in [0.2, 0.25) is 0 Å². The Morgan fingerprint density at radius 3 is 1.06 bits per heavy atom. The summed E-state index contributed by atoms with van der Waals surface area (Å²) in [5, 5.41) is 6.95. The number of anilines is 8. The Labute approximate surface area is 210 Å². The highest BCUT2D eigenvalue weighted by molar-refractivity contribution is 5.87. The number of hydrogen-bond donors (Lipinski definition) is 6.